The van der Waals surface area contributed by atoms with Crippen LogP contribution in [0.1, 0.15) is 58.8 Å². The second kappa shape index (κ2) is 5.56. The minimum Gasteiger partial charge on any atom is -0.390 e. The molecule has 1 aliphatic rings. The van der Waals surface area contributed by atoms with Crippen molar-refractivity contribution in [2.75, 3.05) is 0 Å². The van der Waals surface area contributed by atoms with E-state index in [-0.39, 0.29) is 0 Å². The highest BCUT2D eigenvalue weighted by Gasteiger charge is 2.33. The molecular formula is C14H24O. The van der Waals surface area contributed by atoms with Crippen LogP contribution in [0.2, 0.25) is 0 Å². The van der Waals surface area contributed by atoms with Crippen LogP contribution in [-0.2, 0) is 0 Å². The summed E-state index contributed by atoms with van der Waals surface area (Å²) in [6.07, 6.45) is 12.2. The van der Waals surface area contributed by atoms with Crippen molar-refractivity contribution in [1.82, 2.24) is 0 Å². The van der Waals surface area contributed by atoms with Gasteiger partial charge in [0, 0.05) is 6.42 Å². The van der Waals surface area contributed by atoms with Crippen LogP contribution < -0.4 is 0 Å². The van der Waals surface area contributed by atoms with Crippen LogP contribution in [0, 0.1) is 24.2 Å². The molecule has 15 heavy (non-hydrogen) atoms. The monoisotopic (exact) mass is 208 g/mol. The Morgan fingerprint density at radius 3 is 2.47 bits per heavy atom. The summed E-state index contributed by atoms with van der Waals surface area (Å²) in [5.74, 6) is 4.22. The van der Waals surface area contributed by atoms with E-state index in [2.05, 4.69) is 19.8 Å². The van der Waals surface area contributed by atoms with Crippen molar-refractivity contribution in [3.63, 3.8) is 0 Å². The van der Waals surface area contributed by atoms with E-state index in [1.54, 1.807) is 0 Å². The maximum Gasteiger partial charge on any atom is 0.0648 e. The summed E-state index contributed by atoms with van der Waals surface area (Å²) < 4.78 is 0. The Labute approximate surface area is 94.3 Å². The number of unbranched alkanes of at least 4 members (excludes halogenated alkanes) is 1. The van der Waals surface area contributed by atoms with Gasteiger partial charge in [-0.1, -0.05) is 13.8 Å². The quantitative estimate of drug-likeness (QED) is 0.555. The molecule has 0 bridgehead atoms. The van der Waals surface area contributed by atoms with Crippen molar-refractivity contribution in [3.05, 3.63) is 0 Å². The van der Waals surface area contributed by atoms with Gasteiger partial charge in [0.05, 0.1) is 5.60 Å². The van der Waals surface area contributed by atoms with Crippen LogP contribution in [-0.4, -0.2) is 10.7 Å². The maximum atomic E-state index is 10.3. The SMILES string of the molecule is C#CCCCC1(O)CCC(C(C)C)CC1. The van der Waals surface area contributed by atoms with Gasteiger partial charge in [-0.2, -0.15) is 0 Å². The zero-order chi connectivity index (χ0) is 11.3. The Morgan fingerprint density at radius 2 is 2.00 bits per heavy atom. The average molecular weight is 208 g/mol. The van der Waals surface area contributed by atoms with Crippen molar-refractivity contribution >= 4 is 0 Å². The molecule has 86 valence electrons. The molecule has 1 fully saturated rings. The molecular weight excluding hydrogens is 184 g/mol. The first-order valence-electron chi connectivity index (χ1n) is 6.23. The molecule has 0 unspecified atom stereocenters. The fourth-order valence-corrected chi connectivity index (χ4v) is 2.61. The summed E-state index contributed by atoms with van der Waals surface area (Å²) in [6.45, 7) is 4.57. The van der Waals surface area contributed by atoms with Crippen LogP contribution in [0.4, 0.5) is 0 Å². The van der Waals surface area contributed by atoms with Gasteiger partial charge in [-0.05, 0) is 50.4 Å². The first kappa shape index (κ1) is 12.6. The molecule has 1 nitrogen and oxygen atoms in total. The van der Waals surface area contributed by atoms with E-state index in [9.17, 15) is 5.11 Å². The molecule has 0 saturated heterocycles. The summed E-state index contributed by atoms with van der Waals surface area (Å²) in [5.41, 5.74) is -0.401. The smallest absolute Gasteiger partial charge is 0.0648 e. The van der Waals surface area contributed by atoms with Gasteiger partial charge in [-0.25, -0.2) is 0 Å². The minimum atomic E-state index is -0.401. The van der Waals surface area contributed by atoms with Crippen molar-refractivity contribution in [1.29, 1.82) is 0 Å². The van der Waals surface area contributed by atoms with Crippen molar-refractivity contribution < 1.29 is 5.11 Å². The summed E-state index contributed by atoms with van der Waals surface area (Å²) in [5, 5.41) is 10.3. The zero-order valence-corrected chi connectivity index (χ0v) is 10.1. The van der Waals surface area contributed by atoms with E-state index in [1.165, 1.54) is 12.8 Å². The van der Waals surface area contributed by atoms with E-state index in [0.29, 0.717) is 0 Å². The number of hydrogen-bond acceptors (Lipinski definition) is 1. The van der Waals surface area contributed by atoms with Crippen molar-refractivity contribution in [2.45, 2.75) is 64.4 Å². The highest BCUT2D eigenvalue weighted by atomic mass is 16.3. The lowest BCUT2D eigenvalue weighted by molar-refractivity contribution is -0.0230. The van der Waals surface area contributed by atoms with Crippen molar-refractivity contribution in [3.8, 4) is 12.3 Å². The maximum absolute atomic E-state index is 10.3. The average Bonchev–Trinajstić information content (AvgIpc) is 2.18. The number of aliphatic hydroxyl groups is 1. The molecule has 1 N–H and O–H groups in total. The van der Waals surface area contributed by atoms with Gasteiger partial charge in [0.15, 0.2) is 0 Å². The Balaban J connectivity index is 2.31. The predicted octanol–water partition coefficient (Wildman–Crippen LogP) is 3.37. The first-order valence-corrected chi connectivity index (χ1v) is 6.23. The van der Waals surface area contributed by atoms with Crippen LogP contribution in [0.25, 0.3) is 0 Å². The van der Waals surface area contributed by atoms with Gasteiger partial charge in [0.2, 0.25) is 0 Å². The van der Waals surface area contributed by atoms with Crippen molar-refractivity contribution in [2.24, 2.45) is 11.8 Å². The minimum absolute atomic E-state index is 0.401. The van der Waals surface area contributed by atoms with Gasteiger partial charge in [-0.15, -0.1) is 12.3 Å². The zero-order valence-electron chi connectivity index (χ0n) is 10.1. The fraction of sp³-hybridized carbons (Fsp3) is 0.857. The largest absolute Gasteiger partial charge is 0.390 e. The van der Waals surface area contributed by atoms with Gasteiger partial charge in [-0.3, -0.25) is 0 Å². The van der Waals surface area contributed by atoms with E-state index in [4.69, 9.17) is 6.42 Å². The molecule has 0 aromatic rings. The second-order valence-electron chi connectivity index (χ2n) is 5.36. The molecule has 0 amide bonds. The Morgan fingerprint density at radius 1 is 1.40 bits per heavy atom. The van der Waals surface area contributed by atoms with E-state index in [0.717, 1.165) is 43.9 Å². The number of rotatable bonds is 4. The lowest BCUT2D eigenvalue weighted by Crippen LogP contribution is -2.35. The van der Waals surface area contributed by atoms with Gasteiger partial charge in [0.1, 0.15) is 0 Å². The van der Waals surface area contributed by atoms with E-state index < -0.39 is 5.60 Å². The third-order valence-corrected chi connectivity index (χ3v) is 3.87. The number of terminal acetylenes is 1. The number of hydrogen-bond donors (Lipinski definition) is 1. The highest BCUT2D eigenvalue weighted by molar-refractivity contribution is 4.89. The van der Waals surface area contributed by atoms with Crippen LogP contribution >= 0.6 is 0 Å². The molecule has 0 radical (unpaired) electrons. The first-order chi connectivity index (χ1) is 7.07. The third kappa shape index (κ3) is 3.87. The van der Waals surface area contributed by atoms with Crippen LogP contribution in [0.5, 0.6) is 0 Å². The third-order valence-electron chi connectivity index (χ3n) is 3.87. The lowest BCUT2D eigenvalue weighted by Gasteiger charge is -2.37. The second-order valence-corrected chi connectivity index (χ2v) is 5.36. The molecule has 0 aliphatic heterocycles. The van der Waals surface area contributed by atoms with Gasteiger partial charge in [0.25, 0.3) is 0 Å². The lowest BCUT2D eigenvalue weighted by atomic mass is 9.73. The van der Waals surface area contributed by atoms with Crippen LogP contribution in [0.3, 0.4) is 0 Å². The summed E-state index contributed by atoms with van der Waals surface area (Å²) in [4.78, 5) is 0. The normalized spacial score (nSPS) is 31.5. The molecule has 0 aromatic heterocycles. The molecule has 0 spiro atoms. The Hall–Kier alpha value is -0.480. The van der Waals surface area contributed by atoms with Gasteiger partial charge < -0.3 is 5.11 Å². The predicted molar refractivity (Wildman–Crippen MR) is 64.4 cm³/mol. The standard InChI is InChI=1S/C14H24O/c1-4-5-6-9-14(15)10-7-13(8-11-14)12(2)3/h1,12-13,15H,5-11H2,2-3H3. The molecule has 1 heteroatoms. The van der Waals surface area contributed by atoms with E-state index >= 15 is 0 Å². The van der Waals surface area contributed by atoms with E-state index in [1.807, 2.05) is 0 Å². The van der Waals surface area contributed by atoms with Gasteiger partial charge >= 0.3 is 0 Å². The molecule has 1 aliphatic carbocycles. The molecule has 0 heterocycles. The summed E-state index contributed by atoms with van der Waals surface area (Å²) in [6, 6.07) is 0. The van der Waals surface area contributed by atoms with Crippen LogP contribution in [0.15, 0.2) is 0 Å². The summed E-state index contributed by atoms with van der Waals surface area (Å²) >= 11 is 0. The Bertz CT molecular complexity index is 216. The topological polar surface area (TPSA) is 20.2 Å². The summed E-state index contributed by atoms with van der Waals surface area (Å²) in [7, 11) is 0. The fourth-order valence-electron chi connectivity index (χ4n) is 2.61. The molecule has 0 aromatic carbocycles. The Kier molecular flexibility index (Phi) is 4.67. The molecule has 1 rings (SSSR count). The molecule has 1 saturated carbocycles. The molecule has 0 atom stereocenters. The highest BCUT2D eigenvalue weighted by Crippen LogP contribution is 2.38.